The third-order valence-electron chi connectivity index (χ3n) is 3.40. The molecule has 1 fully saturated rings. The Labute approximate surface area is 109 Å². The summed E-state index contributed by atoms with van der Waals surface area (Å²) >= 11 is 0. The first-order valence-corrected chi connectivity index (χ1v) is 6.61. The number of hydrogen-bond donors (Lipinski definition) is 1. The first-order valence-electron chi connectivity index (χ1n) is 6.61. The molecule has 0 aliphatic carbocycles. The number of nitrogens with one attached hydrogen (secondary N) is 1. The zero-order valence-corrected chi connectivity index (χ0v) is 11.1. The summed E-state index contributed by atoms with van der Waals surface area (Å²) in [6, 6.07) is 8.18. The van der Waals surface area contributed by atoms with E-state index in [9.17, 15) is 4.79 Å². The van der Waals surface area contributed by atoms with Gasteiger partial charge in [0.25, 0.3) is 0 Å². The van der Waals surface area contributed by atoms with E-state index in [4.69, 9.17) is 4.74 Å². The van der Waals surface area contributed by atoms with Crippen molar-refractivity contribution in [1.82, 2.24) is 5.32 Å². The minimum atomic E-state index is 0.0712. The fourth-order valence-electron chi connectivity index (χ4n) is 2.29. The van der Waals surface area contributed by atoms with Gasteiger partial charge in [-0.1, -0.05) is 29.8 Å². The Hall–Kier alpha value is -1.35. The molecule has 0 bridgehead atoms. The van der Waals surface area contributed by atoms with Crippen LogP contribution in [0.4, 0.5) is 0 Å². The van der Waals surface area contributed by atoms with Gasteiger partial charge in [0.15, 0.2) is 0 Å². The van der Waals surface area contributed by atoms with Crippen LogP contribution in [0.3, 0.4) is 0 Å². The van der Waals surface area contributed by atoms with Crippen LogP contribution in [0.1, 0.15) is 30.9 Å². The molecule has 0 aromatic heterocycles. The van der Waals surface area contributed by atoms with Crippen LogP contribution in [-0.4, -0.2) is 24.7 Å². The maximum atomic E-state index is 11.9. The number of carbonyl (C=O) groups excluding carboxylic acids is 1. The molecule has 2 rings (SSSR count). The maximum absolute atomic E-state index is 11.9. The van der Waals surface area contributed by atoms with E-state index in [2.05, 4.69) is 5.32 Å². The molecular weight excluding hydrogens is 226 g/mol. The summed E-state index contributed by atoms with van der Waals surface area (Å²) in [5, 5.41) is 3.02. The Kier molecular flexibility index (Phi) is 4.37. The van der Waals surface area contributed by atoms with E-state index in [0.717, 1.165) is 25.0 Å². The van der Waals surface area contributed by atoms with Crippen molar-refractivity contribution in [3.8, 4) is 0 Å². The molecule has 1 aromatic rings. The summed E-state index contributed by atoms with van der Waals surface area (Å²) in [6.45, 7) is 4.88. The average Bonchev–Trinajstić information content (AvgIpc) is 2.85. The standard InChI is InChI=1S/C15H21NO2/c1-11-5-7-13(8-6-11)10-15(17)16-12(2)14-4-3-9-18-14/h5-8,12,14H,3-4,9-10H2,1-2H3,(H,16,17)/t12-,14-/m1/s1. The van der Waals surface area contributed by atoms with E-state index in [1.165, 1.54) is 5.56 Å². The van der Waals surface area contributed by atoms with Crippen LogP contribution < -0.4 is 5.32 Å². The van der Waals surface area contributed by atoms with E-state index in [0.29, 0.717) is 6.42 Å². The largest absolute Gasteiger partial charge is 0.376 e. The quantitative estimate of drug-likeness (QED) is 0.886. The normalized spacial score (nSPS) is 20.7. The molecule has 1 amide bonds. The number of rotatable bonds is 4. The smallest absolute Gasteiger partial charge is 0.224 e. The van der Waals surface area contributed by atoms with Gasteiger partial charge in [-0.05, 0) is 32.3 Å². The summed E-state index contributed by atoms with van der Waals surface area (Å²) in [5.41, 5.74) is 2.27. The van der Waals surface area contributed by atoms with Crippen LogP contribution in [-0.2, 0) is 16.0 Å². The lowest BCUT2D eigenvalue weighted by atomic mass is 10.1. The third kappa shape index (κ3) is 3.57. The molecule has 1 heterocycles. The van der Waals surface area contributed by atoms with Gasteiger partial charge in [-0.2, -0.15) is 0 Å². The second-order valence-electron chi connectivity index (χ2n) is 5.07. The topological polar surface area (TPSA) is 38.3 Å². The number of benzene rings is 1. The third-order valence-corrected chi connectivity index (χ3v) is 3.40. The van der Waals surface area contributed by atoms with Crippen molar-refractivity contribution in [3.63, 3.8) is 0 Å². The lowest BCUT2D eigenvalue weighted by molar-refractivity contribution is -0.121. The number of amides is 1. The number of carbonyl (C=O) groups is 1. The van der Waals surface area contributed by atoms with E-state index < -0.39 is 0 Å². The Morgan fingerprint density at radius 2 is 2.17 bits per heavy atom. The molecule has 98 valence electrons. The summed E-state index contributed by atoms with van der Waals surface area (Å²) in [4.78, 5) is 11.9. The van der Waals surface area contributed by atoms with Crippen molar-refractivity contribution >= 4 is 5.91 Å². The molecule has 1 aromatic carbocycles. The highest BCUT2D eigenvalue weighted by molar-refractivity contribution is 5.78. The molecule has 0 spiro atoms. The summed E-state index contributed by atoms with van der Waals surface area (Å²) in [6.07, 6.45) is 2.78. The molecule has 0 saturated carbocycles. The predicted molar refractivity (Wildman–Crippen MR) is 71.5 cm³/mol. The van der Waals surface area contributed by atoms with Crippen LogP contribution in [0, 0.1) is 6.92 Å². The van der Waals surface area contributed by atoms with Crippen molar-refractivity contribution in [2.75, 3.05) is 6.61 Å². The molecule has 1 N–H and O–H groups in total. The van der Waals surface area contributed by atoms with Gasteiger partial charge in [-0.25, -0.2) is 0 Å². The SMILES string of the molecule is Cc1ccc(CC(=O)N[C@H](C)[C@H]2CCCO2)cc1. The molecule has 1 aliphatic rings. The molecule has 2 atom stereocenters. The Morgan fingerprint density at radius 3 is 2.78 bits per heavy atom. The van der Waals surface area contributed by atoms with E-state index in [-0.39, 0.29) is 18.1 Å². The van der Waals surface area contributed by atoms with Crippen molar-refractivity contribution in [2.45, 2.75) is 45.3 Å². The van der Waals surface area contributed by atoms with Gasteiger partial charge in [0.1, 0.15) is 0 Å². The number of ether oxygens (including phenoxy) is 1. The molecule has 1 aliphatic heterocycles. The van der Waals surface area contributed by atoms with E-state index in [1.807, 2.05) is 38.1 Å². The Balaban J connectivity index is 1.82. The van der Waals surface area contributed by atoms with Gasteiger partial charge in [-0.15, -0.1) is 0 Å². The lowest BCUT2D eigenvalue weighted by Gasteiger charge is -2.20. The first-order chi connectivity index (χ1) is 8.65. The minimum absolute atomic E-state index is 0.0712. The lowest BCUT2D eigenvalue weighted by Crippen LogP contribution is -2.41. The van der Waals surface area contributed by atoms with Crippen LogP contribution in [0.25, 0.3) is 0 Å². The molecule has 18 heavy (non-hydrogen) atoms. The molecule has 3 heteroatoms. The second kappa shape index (κ2) is 6.01. The van der Waals surface area contributed by atoms with Crippen molar-refractivity contribution < 1.29 is 9.53 Å². The molecule has 3 nitrogen and oxygen atoms in total. The molecule has 0 radical (unpaired) electrons. The van der Waals surface area contributed by atoms with Crippen LogP contribution in [0.15, 0.2) is 24.3 Å². The second-order valence-corrected chi connectivity index (χ2v) is 5.07. The van der Waals surface area contributed by atoms with Crippen molar-refractivity contribution in [1.29, 1.82) is 0 Å². The van der Waals surface area contributed by atoms with Gasteiger partial charge >= 0.3 is 0 Å². The summed E-state index contributed by atoms with van der Waals surface area (Å²) in [5.74, 6) is 0.0712. The summed E-state index contributed by atoms with van der Waals surface area (Å²) < 4.78 is 5.57. The molecule has 0 unspecified atom stereocenters. The molecule has 1 saturated heterocycles. The van der Waals surface area contributed by atoms with Gasteiger partial charge in [0.2, 0.25) is 5.91 Å². The highest BCUT2D eigenvalue weighted by Gasteiger charge is 2.23. The number of aryl methyl sites for hydroxylation is 1. The van der Waals surface area contributed by atoms with Crippen LogP contribution in [0.5, 0.6) is 0 Å². The Morgan fingerprint density at radius 1 is 1.44 bits per heavy atom. The fraction of sp³-hybridized carbons (Fsp3) is 0.533. The Bertz CT molecular complexity index is 393. The van der Waals surface area contributed by atoms with Gasteiger partial charge < -0.3 is 10.1 Å². The zero-order chi connectivity index (χ0) is 13.0. The van der Waals surface area contributed by atoms with Crippen LogP contribution >= 0.6 is 0 Å². The molecular formula is C15H21NO2. The van der Waals surface area contributed by atoms with E-state index in [1.54, 1.807) is 0 Å². The highest BCUT2D eigenvalue weighted by Crippen LogP contribution is 2.15. The predicted octanol–water partition coefficient (Wildman–Crippen LogP) is 2.22. The van der Waals surface area contributed by atoms with Gasteiger partial charge in [-0.3, -0.25) is 4.79 Å². The van der Waals surface area contributed by atoms with Crippen LogP contribution in [0.2, 0.25) is 0 Å². The summed E-state index contributed by atoms with van der Waals surface area (Å²) in [7, 11) is 0. The zero-order valence-electron chi connectivity index (χ0n) is 11.1. The fourth-order valence-corrected chi connectivity index (χ4v) is 2.29. The monoisotopic (exact) mass is 247 g/mol. The number of hydrogen-bond acceptors (Lipinski definition) is 2. The highest BCUT2D eigenvalue weighted by atomic mass is 16.5. The minimum Gasteiger partial charge on any atom is -0.376 e. The first kappa shape index (κ1) is 13.1. The van der Waals surface area contributed by atoms with Gasteiger partial charge in [0, 0.05) is 6.61 Å². The van der Waals surface area contributed by atoms with E-state index >= 15 is 0 Å². The average molecular weight is 247 g/mol. The van der Waals surface area contributed by atoms with Crippen molar-refractivity contribution in [3.05, 3.63) is 35.4 Å². The van der Waals surface area contributed by atoms with Gasteiger partial charge in [0.05, 0.1) is 18.6 Å². The maximum Gasteiger partial charge on any atom is 0.224 e. The van der Waals surface area contributed by atoms with Crippen molar-refractivity contribution in [2.24, 2.45) is 0 Å².